The van der Waals surface area contributed by atoms with Crippen molar-refractivity contribution in [3.8, 4) is 0 Å². The lowest BCUT2D eigenvalue weighted by Crippen LogP contribution is -2.53. The molecule has 22 heavy (non-hydrogen) atoms. The summed E-state index contributed by atoms with van der Waals surface area (Å²) in [7, 11) is 0. The van der Waals surface area contributed by atoms with E-state index in [4.69, 9.17) is 10.7 Å². The smallest absolute Gasteiger partial charge is 0.234 e. The van der Waals surface area contributed by atoms with Gasteiger partial charge in [0, 0.05) is 26.2 Å². The molecule has 2 N–H and O–H groups in total. The van der Waals surface area contributed by atoms with Gasteiger partial charge >= 0.3 is 0 Å². The minimum absolute atomic E-state index is 0.181. The number of benzene rings is 1. The normalized spacial score (nSPS) is 20.1. The predicted octanol–water partition coefficient (Wildman–Crippen LogP) is 1.85. The molecule has 1 aliphatic heterocycles. The summed E-state index contributed by atoms with van der Waals surface area (Å²) < 4.78 is 1.24. The summed E-state index contributed by atoms with van der Waals surface area (Å²) in [4.78, 5) is 20.6. The first kappa shape index (κ1) is 15.4. The van der Waals surface area contributed by atoms with Gasteiger partial charge in [-0.2, -0.15) is 0 Å². The average Bonchev–Trinajstić information content (AvgIpc) is 2.97. The Morgan fingerprint density at radius 3 is 2.45 bits per heavy atom. The fourth-order valence-corrected chi connectivity index (χ4v) is 3.97. The van der Waals surface area contributed by atoms with Crippen molar-refractivity contribution in [3.05, 3.63) is 29.3 Å². The van der Waals surface area contributed by atoms with Gasteiger partial charge in [-0.3, -0.25) is 14.6 Å². The zero-order chi connectivity index (χ0) is 15.7. The number of hydrogen-bond donors (Lipinski definition) is 1. The molecule has 2 heterocycles. The Hall–Kier alpha value is -1.50. The maximum atomic E-state index is 11.3. The highest BCUT2D eigenvalue weighted by atomic mass is 32.1. The van der Waals surface area contributed by atoms with E-state index in [1.807, 2.05) is 13.0 Å². The number of amides is 1. The SMILES string of the molecule is C[C@H](C(N)=O)N1CCN([C@H](C)c2nc3ccccc3s2)CC1. The van der Waals surface area contributed by atoms with Crippen molar-refractivity contribution in [1.29, 1.82) is 0 Å². The number of carbonyl (C=O) groups is 1. The number of primary amides is 1. The third-order valence-electron chi connectivity index (χ3n) is 4.52. The van der Waals surface area contributed by atoms with E-state index in [0.717, 1.165) is 36.7 Å². The number of aromatic nitrogens is 1. The van der Waals surface area contributed by atoms with Crippen LogP contribution in [-0.2, 0) is 4.79 Å². The van der Waals surface area contributed by atoms with Crippen LogP contribution in [0.1, 0.15) is 24.9 Å². The quantitative estimate of drug-likeness (QED) is 0.934. The van der Waals surface area contributed by atoms with E-state index < -0.39 is 0 Å². The summed E-state index contributed by atoms with van der Waals surface area (Å²) in [5.41, 5.74) is 6.47. The van der Waals surface area contributed by atoms with Gasteiger partial charge in [-0.05, 0) is 26.0 Å². The summed E-state index contributed by atoms with van der Waals surface area (Å²) in [6.45, 7) is 7.72. The Bertz CT molecular complexity index is 630. The number of nitrogens with zero attached hydrogens (tertiary/aromatic N) is 3. The molecule has 1 amide bonds. The van der Waals surface area contributed by atoms with Gasteiger partial charge in [0.25, 0.3) is 0 Å². The monoisotopic (exact) mass is 318 g/mol. The second-order valence-electron chi connectivity index (χ2n) is 5.85. The third-order valence-corrected chi connectivity index (χ3v) is 5.73. The van der Waals surface area contributed by atoms with E-state index in [9.17, 15) is 4.79 Å². The summed E-state index contributed by atoms with van der Waals surface area (Å²) in [5.74, 6) is -0.243. The molecule has 0 bridgehead atoms. The molecule has 5 nitrogen and oxygen atoms in total. The van der Waals surface area contributed by atoms with Gasteiger partial charge in [0.1, 0.15) is 5.01 Å². The molecule has 1 aliphatic rings. The highest BCUT2D eigenvalue weighted by Gasteiger charge is 2.27. The summed E-state index contributed by atoms with van der Waals surface area (Å²) >= 11 is 1.77. The van der Waals surface area contributed by atoms with Crippen molar-refractivity contribution in [2.24, 2.45) is 5.73 Å². The first-order chi connectivity index (χ1) is 10.6. The molecule has 1 aromatic carbocycles. The van der Waals surface area contributed by atoms with E-state index in [1.165, 1.54) is 4.70 Å². The molecule has 0 radical (unpaired) electrons. The molecule has 6 heteroatoms. The zero-order valence-corrected chi connectivity index (χ0v) is 13.8. The van der Waals surface area contributed by atoms with Crippen LogP contribution in [0.15, 0.2) is 24.3 Å². The van der Waals surface area contributed by atoms with E-state index in [2.05, 4.69) is 34.9 Å². The van der Waals surface area contributed by atoms with E-state index in [-0.39, 0.29) is 11.9 Å². The largest absolute Gasteiger partial charge is 0.368 e. The lowest BCUT2D eigenvalue weighted by Gasteiger charge is -2.39. The standard InChI is InChI=1S/C16H22N4OS/c1-11(15(17)21)19-7-9-20(10-8-19)12(2)16-18-13-5-3-4-6-14(13)22-16/h3-6,11-12H,7-10H2,1-2H3,(H2,17,21)/t11-,12-/m1/s1. The van der Waals surface area contributed by atoms with Crippen LogP contribution in [0.3, 0.4) is 0 Å². The minimum atomic E-state index is -0.243. The molecule has 0 unspecified atom stereocenters. The molecule has 118 valence electrons. The molecule has 1 aromatic heterocycles. The van der Waals surface area contributed by atoms with E-state index in [1.54, 1.807) is 11.3 Å². The van der Waals surface area contributed by atoms with Crippen molar-refractivity contribution < 1.29 is 4.79 Å². The van der Waals surface area contributed by atoms with Gasteiger partial charge in [-0.25, -0.2) is 4.98 Å². The number of thiazole rings is 1. The van der Waals surface area contributed by atoms with E-state index in [0.29, 0.717) is 6.04 Å². The molecular formula is C16H22N4OS. The fraction of sp³-hybridized carbons (Fsp3) is 0.500. The number of para-hydroxylation sites is 1. The van der Waals surface area contributed by atoms with Gasteiger partial charge in [0.15, 0.2) is 0 Å². The van der Waals surface area contributed by atoms with Crippen LogP contribution in [0, 0.1) is 0 Å². The van der Waals surface area contributed by atoms with Crippen molar-refractivity contribution >= 4 is 27.5 Å². The molecule has 0 spiro atoms. The molecule has 2 aromatic rings. The number of rotatable bonds is 4. The van der Waals surface area contributed by atoms with Gasteiger partial charge in [-0.15, -0.1) is 11.3 Å². The molecular weight excluding hydrogens is 296 g/mol. The maximum absolute atomic E-state index is 11.3. The summed E-state index contributed by atoms with van der Waals surface area (Å²) in [5, 5.41) is 1.16. The molecule has 0 saturated carbocycles. The molecule has 1 fully saturated rings. The van der Waals surface area contributed by atoms with Crippen molar-refractivity contribution in [1.82, 2.24) is 14.8 Å². The number of carbonyl (C=O) groups excluding carboxylic acids is 1. The van der Waals surface area contributed by atoms with Crippen LogP contribution in [0.4, 0.5) is 0 Å². The van der Waals surface area contributed by atoms with E-state index >= 15 is 0 Å². The van der Waals surface area contributed by atoms with Gasteiger partial charge in [-0.1, -0.05) is 12.1 Å². The third kappa shape index (κ3) is 2.99. The Morgan fingerprint density at radius 2 is 1.82 bits per heavy atom. The van der Waals surface area contributed by atoms with Gasteiger partial charge < -0.3 is 5.73 Å². The highest BCUT2D eigenvalue weighted by Crippen LogP contribution is 2.30. The Kier molecular flexibility index (Phi) is 4.42. The minimum Gasteiger partial charge on any atom is -0.368 e. The van der Waals surface area contributed by atoms with Crippen LogP contribution in [0.2, 0.25) is 0 Å². The van der Waals surface area contributed by atoms with Crippen molar-refractivity contribution in [2.45, 2.75) is 25.9 Å². The second-order valence-corrected chi connectivity index (χ2v) is 6.91. The highest BCUT2D eigenvalue weighted by molar-refractivity contribution is 7.18. The number of fused-ring (bicyclic) bond motifs is 1. The molecule has 3 rings (SSSR count). The molecule has 0 aliphatic carbocycles. The first-order valence-corrected chi connectivity index (χ1v) is 8.51. The van der Waals surface area contributed by atoms with Crippen LogP contribution in [-0.4, -0.2) is 52.9 Å². The number of hydrogen-bond acceptors (Lipinski definition) is 5. The molecule has 2 atom stereocenters. The van der Waals surface area contributed by atoms with Crippen LogP contribution < -0.4 is 5.73 Å². The summed E-state index contributed by atoms with van der Waals surface area (Å²) in [6, 6.07) is 8.40. The zero-order valence-electron chi connectivity index (χ0n) is 13.0. The van der Waals surface area contributed by atoms with Gasteiger partial charge in [0.05, 0.1) is 22.3 Å². The lowest BCUT2D eigenvalue weighted by atomic mass is 10.2. The molecule has 1 saturated heterocycles. The van der Waals surface area contributed by atoms with Crippen LogP contribution >= 0.6 is 11.3 Å². The fourth-order valence-electron chi connectivity index (χ4n) is 2.92. The number of nitrogens with two attached hydrogens (primary N) is 1. The van der Waals surface area contributed by atoms with Crippen LogP contribution in [0.5, 0.6) is 0 Å². The first-order valence-electron chi connectivity index (χ1n) is 7.69. The Balaban J connectivity index is 1.66. The second kappa shape index (κ2) is 6.32. The lowest BCUT2D eigenvalue weighted by molar-refractivity contribution is -0.123. The summed E-state index contributed by atoms with van der Waals surface area (Å²) in [6.07, 6.45) is 0. The van der Waals surface area contributed by atoms with Gasteiger partial charge in [0.2, 0.25) is 5.91 Å². The maximum Gasteiger partial charge on any atom is 0.234 e. The Labute approximate surface area is 134 Å². The number of piperazine rings is 1. The van der Waals surface area contributed by atoms with Crippen LogP contribution in [0.25, 0.3) is 10.2 Å². The Morgan fingerprint density at radius 1 is 1.18 bits per heavy atom. The van der Waals surface area contributed by atoms with Crippen molar-refractivity contribution in [2.75, 3.05) is 26.2 Å². The van der Waals surface area contributed by atoms with Crippen molar-refractivity contribution in [3.63, 3.8) is 0 Å². The average molecular weight is 318 g/mol. The topological polar surface area (TPSA) is 62.5 Å². The predicted molar refractivity (Wildman–Crippen MR) is 89.8 cm³/mol.